The van der Waals surface area contributed by atoms with Crippen LogP contribution in [0.4, 0.5) is 17.6 Å². The van der Waals surface area contributed by atoms with Gasteiger partial charge in [-0.3, -0.25) is 39.1 Å². The van der Waals surface area contributed by atoms with Gasteiger partial charge in [0.2, 0.25) is 0 Å². The first-order chi connectivity index (χ1) is 66.4. The number of carbonyl (C=O) groups is 4. The molecule has 0 N–H and O–H groups in total. The average Bonchev–Trinajstić information content (AvgIpc) is 0.742. The first kappa shape index (κ1) is 98.4. The Morgan fingerprint density at radius 1 is 0.293 bits per heavy atom. The SMILES string of the molecule is CC(=O)[C@@H](OC(C)(C)C)c1c(C)cc2c(C)cccc2c1-c1ccc2c3c(ccnc13)CCO2.CC(=O)[C@@H](OC(C)(C)C)c1c(C)cc2c(C)cccc2c1-c1ccc2c3c(ccnc13)CCO2.CC(=O)[C@@H](OC(C)(C)C)c1c(C)cc2cc(C(F)F)ccc2c1-c1ccc2c3c(ccnc13)CCO2.CC(=O)[C@@H](OC(C)(C)C)c1c(C)cc2cc(C(F)F)ccc2c1-c1ccc2c3c(ccnc13)CCO2. The molecule has 4 atom stereocenters. The maximum Gasteiger partial charge on any atom is 0.263 e. The molecule has 16 nitrogen and oxygen atoms in total. The Balaban J connectivity index is 0.000000129. The van der Waals surface area contributed by atoms with Crippen LogP contribution in [0.5, 0.6) is 23.0 Å². The molecule has 16 aromatic rings. The fourth-order valence-electron chi connectivity index (χ4n) is 20.6. The highest BCUT2D eigenvalue weighted by Crippen LogP contribution is 2.53. The second kappa shape index (κ2) is 38.7. The number of nitrogens with zero attached hydrogens (tertiary/aromatic N) is 4. The molecule has 8 heterocycles. The molecule has 0 aliphatic carbocycles. The lowest BCUT2D eigenvalue weighted by molar-refractivity contribution is -0.139. The number of hydrogen-bond donors (Lipinski definition) is 0. The number of ketones is 4. The number of aryl methyl sites for hydroxylation is 6. The van der Waals surface area contributed by atoms with Crippen LogP contribution in [0.1, 0.15) is 237 Å². The smallest absolute Gasteiger partial charge is 0.263 e. The number of carbonyl (C=O) groups excluding carboxylic acids is 4. The number of halogens is 4. The van der Waals surface area contributed by atoms with Crippen LogP contribution in [0, 0.1) is 41.5 Å². The third-order valence-electron chi connectivity index (χ3n) is 26.4. The molecule has 0 saturated carbocycles. The molecule has 4 aliphatic rings. The van der Waals surface area contributed by atoms with E-state index in [4.69, 9.17) is 57.8 Å². The number of fused-ring (bicyclic) bond motifs is 4. The van der Waals surface area contributed by atoms with Crippen LogP contribution in [0.15, 0.2) is 195 Å². The summed E-state index contributed by atoms with van der Waals surface area (Å²) in [5, 5.41) is 11.5. The van der Waals surface area contributed by atoms with Crippen LogP contribution < -0.4 is 18.9 Å². The van der Waals surface area contributed by atoms with Crippen molar-refractivity contribution in [2.75, 3.05) is 26.4 Å². The van der Waals surface area contributed by atoms with Gasteiger partial charge in [-0.05, 0) is 380 Å². The first-order valence-electron chi connectivity index (χ1n) is 48.1. The van der Waals surface area contributed by atoms with Crippen molar-refractivity contribution in [3.05, 3.63) is 284 Å². The van der Waals surface area contributed by atoms with Gasteiger partial charge in [0.1, 0.15) is 47.4 Å². The van der Waals surface area contributed by atoms with Gasteiger partial charge in [-0.2, -0.15) is 0 Å². The van der Waals surface area contributed by atoms with E-state index in [2.05, 4.69) is 100 Å². The van der Waals surface area contributed by atoms with E-state index in [-0.39, 0.29) is 34.3 Å². The predicted molar refractivity (Wildman–Crippen MR) is 551 cm³/mol. The van der Waals surface area contributed by atoms with Crippen LogP contribution in [-0.2, 0) is 63.8 Å². The van der Waals surface area contributed by atoms with E-state index in [0.717, 1.165) is 214 Å². The lowest BCUT2D eigenvalue weighted by Crippen LogP contribution is -2.27. The van der Waals surface area contributed by atoms with Crippen LogP contribution in [0.2, 0.25) is 0 Å². The third-order valence-corrected chi connectivity index (χ3v) is 26.4. The predicted octanol–water partition coefficient (Wildman–Crippen LogP) is 29.5. The van der Waals surface area contributed by atoms with Crippen LogP contribution in [-0.4, -0.2) is 91.9 Å². The Morgan fingerprint density at radius 3 is 0.786 bits per heavy atom. The van der Waals surface area contributed by atoms with E-state index in [1.165, 1.54) is 71.1 Å². The van der Waals surface area contributed by atoms with Crippen molar-refractivity contribution < 1.29 is 74.6 Å². The number of pyridine rings is 4. The van der Waals surface area contributed by atoms with Gasteiger partial charge in [0.15, 0.2) is 23.1 Å². The maximum atomic E-state index is 13.6. The molecule has 140 heavy (non-hydrogen) atoms. The Labute approximate surface area is 814 Å². The van der Waals surface area contributed by atoms with Crippen LogP contribution in [0.25, 0.3) is 131 Å². The van der Waals surface area contributed by atoms with E-state index in [9.17, 15) is 36.7 Å². The zero-order chi connectivity index (χ0) is 99.9. The van der Waals surface area contributed by atoms with Crippen molar-refractivity contribution in [3.63, 3.8) is 0 Å². The molecule has 0 saturated heterocycles. The summed E-state index contributed by atoms with van der Waals surface area (Å²) in [6.45, 7) is 44.5. The van der Waals surface area contributed by atoms with Gasteiger partial charge in [-0.15, -0.1) is 0 Å². The monoisotopic (exact) mass is 1880 g/mol. The van der Waals surface area contributed by atoms with Gasteiger partial charge in [0.25, 0.3) is 12.9 Å². The molecule has 0 bridgehead atoms. The summed E-state index contributed by atoms with van der Waals surface area (Å²) in [4.78, 5) is 71.2. The minimum absolute atomic E-state index is 0.00898. The van der Waals surface area contributed by atoms with Gasteiger partial charge >= 0.3 is 0 Å². The number of aromatic nitrogens is 4. The molecule has 0 radical (unpaired) electrons. The standard InChI is InChI=1S/2C30H29F2NO3.2C30H31NO3/c2*1-16-14-20-15-19(29(31)32)6-7-21(20)26(24(16)28(17(2)34)36-30(3,4)5)22-8-9-23-25-18(11-13-35-23)10-12-33-27(22)25;2*1-17-8-7-9-21-23(17)16-18(2)25(29(19(3)32)34-30(4,5)6)27(21)22-10-11-24-26-20(13-15-33-24)12-14-31-28(22)26/h2*6-10,12,14-15,28-29H,11,13H2,1-5H3;2*7-12,14,16,29H,13,15H2,1-6H3/t2*28-;2*29-/m1111/s1. The van der Waals surface area contributed by atoms with Crippen molar-refractivity contribution in [1.29, 1.82) is 0 Å². The van der Waals surface area contributed by atoms with Crippen molar-refractivity contribution in [1.82, 2.24) is 19.9 Å². The highest BCUT2D eigenvalue weighted by molar-refractivity contribution is 6.15. The summed E-state index contributed by atoms with van der Waals surface area (Å²) in [6.07, 6.45) is 2.44. The largest absolute Gasteiger partial charge is 0.493 e. The van der Waals surface area contributed by atoms with Crippen molar-refractivity contribution in [2.24, 2.45) is 0 Å². The quantitative estimate of drug-likeness (QED) is 0.0736. The Hall–Kier alpha value is -13.2. The fraction of sp³-hybridized carbons (Fsp3) is 0.333. The summed E-state index contributed by atoms with van der Waals surface area (Å²) >= 11 is 0. The second-order valence-electron chi connectivity index (χ2n) is 41.3. The molecule has 20 rings (SSSR count). The first-order valence-corrected chi connectivity index (χ1v) is 48.1. The Morgan fingerprint density at radius 2 is 0.543 bits per heavy atom. The molecule has 0 fully saturated rings. The molecule has 12 aromatic carbocycles. The molecule has 0 spiro atoms. The normalized spacial score (nSPS) is 14.3. The van der Waals surface area contributed by atoms with Gasteiger partial charge in [-0.25, -0.2) is 17.6 Å². The number of hydrogen-bond acceptors (Lipinski definition) is 16. The molecule has 0 unspecified atom stereocenters. The summed E-state index contributed by atoms with van der Waals surface area (Å²) in [5.41, 5.74) is 22.5. The highest BCUT2D eigenvalue weighted by Gasteiger charge is 2.38. The second-order valence-corrected chi connectivity index (χ2v) is 41.3. The fourth-order valence-corrected chi connectivity index (χ4v) is 20.6. The van der Waals surface area contributed by atoms with E-state index in [1.807, 2.05) is 170 Å². The van der Waals surface area contributed by atoms with E-state index in [1.54, 1.807) is 38.4 Å². The van der Waals surface area contributed by atoms with E-state index < -0.39 is 59.7 Å². The van der Waals surface area contributed by atoms with Gasteiger partial charge < -0.3 is 37.9 Å². The van der Waals surface area contributed by atoms with Gasteiger partial charge in [-0.1, -0.05) is 84.9 Å². The molecule has 4 aliphatic heterocycles. The number of rotatable bonds is 18. The Kier molecular flexibility index (Phi) is 27.2. The summed E-state index contributed by atoms with van der Waals surface area (Å²) in [7, 11) is 0. The number of ether oxygens (including phenoxy) is 8. The molecule has 720 valence electrons. The minimum atomic E-state index is -2.58. The summed E-state index contributed by atoms with van der Waals surface area (Å²) in [5.74, 6) is 3.02. The topological polar surface area (TPSA) is 194 Å². The molecule has 0 amide bonds. The average molecular weight is 1890 g/mol. The van der Waals surface area contributed by atoms with E-state index in [0.29, 0.717) is 37.2 Å². The third kappa shape index (κ3) is 19.5. The Bertz CT molecular complexity index is 7220. The summed E-state index contributed by atoms with van der Waals surface area (Å²) in [6, 6.07) is 54.4. The van der Waals surface area contributed by atoms with Crippen LogP contribution >= 0.6 is 0 Å². The summed E-state index contributed by atoms with van der Waals surface area (Å²) < 4.78 is 104. The number of benzene rings is 12. The van der Waals surface area contributed by atoms with E-state index >= 15 is 0 Å². The van der Waals surface area contributed by atoms with Crippen molar-refractivity contribution in [2.45, 2.75) is 238 Å². The lowest BCUT2D eigenvalue weighted by atomic mass is 9.84. The number of Topliss-reactive ketones (excluding diaryl/α,β-unsaturated/α-hetero) is 4. The lowest BCUT2D eigenvalue weighted by Gasteiger charge is -2.30. The van der Waals surface area contributed by atoms with Crippen molar-refractivity contribution in [3.8, 4) is 67.5 Å². The molecule has 20 heteroatoms. The minimum Gasteiger partial charge on any atom is -0.493 e. The zero-order valence-electron chi connectivity index (χ0n) is 83.8. The van der Waals surface area contributed by atoms with Crippen LogP contribution in [0.3, 0.4) is 0 Å². The zero-order valence-corrected chi connectivity index (χ0v) is 83.8. The van der Waals surface area contributed by atoms with Gasteiger partial charge in [0, 0.05) is 105 Å². The van der Waals surface area contributed by atoms with Crippen molar-refractivity contribution >= 4 is 110 Å². The highest BCUT2D eigenvalue weighted by atomic mass is 19.3. The van der Waals surface area contributed by atoms with Gasteiger partial charge in [0.05, 0.1) is 70.9 Å². The maximum absolute atomic E-state index is 13.6. The molecular weight excluding hydrogens is 1770 g/mol. The molecule has 4 aromatic heterocycles. The molecular formula is C120H120F4N4O12. The number of alkyl halides is 4.